The topological polar surface area (TPSA) is 32.7 Å². The quantitative estimate of drug-likeness (QED) is 0.484. The highest BCUT2D eigenvalue weighted by Gasteiger charge is 2.16. The van der Waals surface area contributed by atoms with Gasteiger partial charge in [-0.25, -0.2) is 0 Å². The van der Waals surface area contributed by atoms with Crippen molar-refractivity contribution in [3.05, 3.63) is 71.3 Å². The summed E-state index contributed by atoms with van der Waals surface area (Å²) in [6.07, 6.45) is 0. The van der Waals surface area contributed by atoms with Crippen LogP contribution in [-0.2, 0) is 0 Å². The van der Waals surface area contributed by atoms with Gasteiger partial charge in [-0.15, -0.1) is 0 Å². The molecule has 102 valence electrons. The molecule has 0 heterocycles. The van der Waals surface area contributed by atoms with Gasteiger partial charge in [0.1, 0.15) is 5.71 Å². The lowest BCUT2D eigenvalue weighted by molar-refractivity contribution is 0.106. The minimum absolute atomic E-state index is 0.0665. The Morgan fingerprint density at radius 1 is 0.900 bits per heavy atom. The number of benzene rings is 2. The second-order valence-electron chi connectivity index (χ2n) is 4.86. The Labute approximate surface area is 119 Å². The number of aryl methyl sites for hydroxylation is 1. The Morgan fingerprint density at radius 2 is 1.50 bits per heavy atom. The first kappa shape index (κ1) is 14.0. The van der Waals surface area contributed by atoms with Crippen molar-refractivity contribution in [1.82, 2.24) is 5.01 Å². The van der Waals surface area contributed by atoms with E-state index in [0.29, 0.717) is 11.3 Å². The fourth-order valence-corrected chi connectivity index (χ4v) is 1.87. The van der Waals surface area contributed by atoms with E-state index in [1.807, 2.05) is 75.6 Å². The van der Waals surface area contributed by atoms with E-state index in [2.05, 4.69) is 5.10 Å². The molecule has 0 radical (unpaired) electrons. The van der Waals surface area contributed by atoms with Gasteiger partial charge in [-0.3, -0.25) is 4.79 Å². The maximum atomic E-state index is 12.6. The molecule has 20 heavy (non-hydrogen) atoms. The smallest absolute Gasteiger partial charge is 0.213 e. The molecule has 3 nitrogen and oxygen atoms in total. The fraction of sp³-hybridized carbons (Fsp3) is 0.176. The van der Waals surface area contributed by atoms with Crippen LogP contribution in [0.15, 0.2) is 59.7 Å². The van der Waals surface area contributed by atoms with Crippen LogP contribution >= 0.6 is 0 Å². The van der Waals surface area contributed by atoms with Crippen LogP contribution in [0.25, 0.3) is 0 Å². The number of hydrogen-bond donors (Lipinski definition) is 0. The summed E-state index contributed by atoms with van der Waals surface area (Å²) in [7, 11) is 3.62. The standard InChI is InChI=1S/C17H18N2O/c1-13-9-11-14(12-10-13)16(18-19(2)3)17(20)15-7-5-4-6-8-15/h4-12H,1-3H3/b18-16+. The Hall–Kier alpha value is -2.42. The SMILES string of the molecule is Cc1ccc(/C(=N\N(C)C)C(=O)c2ccccc2)cc1. The number of carbonyl (C=O) groups is 1. The van der Waals surface area contributed by atoms with Crippen molar-refractivity contribution in [2.24, 2.45) is 5.10 Å². The minimum atomic E-state index is -0.0665. The van der Waals surface area contributed by atoms with Crippen LogP contribution < -0.4 is 0 Å². The molecular weight excluding hydrogens is 248 g/mol. The van der Waals surface area contributed by atoms with Crippen LogP contribution in [0.2, 0.25) is 0 Å². The summed E-state index contributed by atoms with van der Waals surface area (Å²) in [5, 5.41) is 6.00. The van der Waals surface area contributed by atoms with E-state index in [0.717, 1.165) is 11.1 Å². The summed E-state index contributed by atoms with van der Waals surface area (Å²) in [5.74, 6) is -0.0665. The van der Waals surface area contributed by atoms with Gasteiger partial charge in [0, 0.05) is 25.2 Å². The maximum absolute atomic E-state index is 12.6. The van der Waals surface area contributed by atoms with E-state index < -0.39 is 0 Å². The number of Topliss-reactive ketones (excluding diaryl/α,β-unsaturated/α-hetero) is 1. The molecule has 0 amide bonds. The summed E-state index contributed by atoms with van der Waals surface area (Å²) in [6, 6.07) is 17.1. The van der Waals surface area contributed by atoms with E-state index in [1.165, 1.54) is 0 Å². The van der Waals surface area contributed by atoms with Gasteiger partial charge in [0.05, 0.1) is 0 Å². The Bertz CT molecular complexity index is 613. The fourth-order valence-electron chi connectivity index (χ4n) is 1.87. The Kier molecular flexibility index (Phi) is 4.31. The van der Waals surface area contributed by atoms with Crippen molar-refractivity contribution in [2.45, 2.75) is 6.92 Å². The lowest BCUT2D eigenvalue weighted by atomic mass is 10.00. The number of carbonyl (C=O) groups excluding carboxylic acids is 1. The number of hydrazone groups is 1. The molecule has 0 aliphatic heterocycles. The van der Waals surface area contributed by atoms with Crippen LogP contribution in [0.3, 0.4) is 0 Å². The molecule has 0 bridgehead atoms. The van der Waals surface area contributed by atoms with E-state index >= 15 is 0 Å². The van der Waals surface area contributed by atoms with E-state index in [9.17, 15) is 4.79 Å². The maximum Gasteiger partial charge on any atom is 0.213 e. The highest BCUT2D eigenvalue weighted by atomic mass is 16.1. The van der Waals surface area contributed by atoms with E-state index in [1.54, 1.807) is 5.01 Å². The van der Waals surface area contributed by atoms with Gasteiger partial charge in [-0.1, -0.05) is 60.2 Å². The first-order valence-corrected chi connectivity index (χ1v) is 6.50. The van der Waals surface area contributed by atoms with Crippen LogP contribution in [0.4, 0.5) is 0 Å². The average Bonchev–Trinajstić information content (AvgIpc) is 2.46. The molecule has 0 atom stereocenters. The molecule has 2 aromatic carbocycles. The van der Waals surface area contributed by atoms with Gasteiger partial charge < -0.3 is 5.01 Å². The number of ketones is 1. The third kappa shape index (κ3) is 3.32. The lowest BCUT2D eigenvalue weighted by Gasteiger charge is -2.11. The molecule has 0 aliphatic rings. The first-order valence-electron chi connectivity index (χ1n) is 6.50. The Balaban J connectivity index is 2.44. The summed E-state index contributed by atoms with van der Waals surface area (Å²) in [5.41, 5.74) is 3.10. The monoisotopic (exact) mass is 266 g/mol. The molecule has 3 heteroatoms. The van der Waals surface area contributed by atoms with Crippen molar-refractivity contribution >= 4 is 11.5 Å². The van der Waals surface area contributed by atoms with E-state index in [-0.39, 0.29) is 5.78 Å². The molecule has 0 N–H and O–H groups in total. The zero-order chi connectivity index (χ0) is 14.5. The molecule has 0 aliphatic carbocycles. The van der Waals surface area contributed by atoms with Gasteiger partial charge in [-0.2, -0.15) is 5.10 Å². The van der Waals surface area contributed by atoms with Gasteiger partial charge >= 0.3 is 0 Å². The number of hydrogen-bond acceptors (Lipinski definition) is 3. The zero-order valence-corrected chi connectivity index (χ0v) is 12.0. The predicted octanol–water partition coefficient (Wildman–Crippen LogP) is 3.14. The normalized spacial score (nSPS) is 11.2. The molecule has 0 fully saturated rings. The molecule has 2 aromatic rings. The van der Waals surface area contributed by atoms with E-state index in [4.69, 9.17) is 0 Å². The minimum Gasteiger partial charge on any atom is -0.302 e. The van der Waals surface area contributed by atoms with Gasteiger partial charge in [0.25, 0.3) is 0 Å². The van der Waals surface area contributed by atoms with Gasteiger partial charge in [-0.05, 0) is 6.92 Å². The Morgan fingerprint density at radius 3 is 2.05 bits per heavy atom. The molecule has 0 unspecified atom stereocenters. The van der Waals surface area contributed by atoms with Crippen molar-refractivity contribution in [2.75, 3.05) is 14.1 Å². The average molecular weight is 266 g/mol. The highest BCUT2D eigenvalue weighted by Crippen LogP contribution is 2.11. The predicted molar refractivity (Wildman–Crippen MR) is 82.2 cm³/mol. The number of nitrogens with zero attached hydrogens (tertiary/aromatic N) is 2. The van der Waals surface area contributed by atoms with Crippen LogP contribution in [0.5, 0.6) is 0 Å². The molecule has 0 aromatic heterocycles. The largest absolute Gasteiger partial charge is 0.302 e. The first-order chi connectivity index (χ1) is 9.58. The molecule has 0 saturated carbocycles. The van der Waals surface area contributed by atoms with Crippen molar-refractivity contribution in [3.8, 4) is 0 Å². The van der Waals surface area contributed by atoms with Crippen LogP contribution in [0.1, 0.15) is 21.5 Å². The number of rotatable bonds is 4. The van der Waals surface area contributed by atoms with Gasteiger partial charge in [0.2, 0.25) is 5.78 Å². The molecule has 0 saturated heterocycles. The third-order valence-corrected chi connectivity index (χ3v) is 2.88. The van der Waals surface area contributed by atoms with Gasteiger partial charge in [0.15, 0.2) is 0 Å². The molecule has 0 spiro atoms. The lowest BCUT2D eigenvalue weighted by Crippen LogP contribution is -2.20. The second kappa shape index (κ2) is 6.15. The van der Waals surface area contributed by atoms with Crippen molar-refractivity contribution in [3.63, 3.8) is 0 Å². The van der Waals surface area contributed by atoms with Crippen molar-refractivity contribution < 1.29 is 4.79 Å². The highest BCUT2D eigenvalue weighted by molar-refractivity contribution is 6.51. The zero-order valence-electron chi connectivity index (χ0n) is 12.0. The third-order valence-electron chi connectivity index (χ3n) is 2.88. The summed E-state index contributed by atoms with van der Waals surface area (Å²) in [6.45, 7) is 2.02. The van der Waals surface area contributed by atoms with Crippen LogP contribution in [0, 0.1) is 6.92 Å². The van der Waals surface area contributed by atoms with Crippen molar-refractivity contribution in [1.29, 1.82) is 0 Å². The molecule has 2 rings (SSSR count). The summed E-state index contributed by atoms with van der Waals surface area (Å²) >= 11 is 0. The summed E-state index contributed by atoms with van der Waals surface area (Å²) in [4.78, 5) is 12.6. The molecular formula is C17H18N2O. The summed E-state index contributed by atoms with van der Waals surface area (Å²) < 4.78 is 0. The van der Waals surface area contributed by atoms with Crippen LogP contribution in [-0.4, -0.2) is 30.6 Å². The second-order valence-corrected chi connectivity index (χ2v) is 4.86.